The fourth-order valence-corrected chi connectivity index (χ4v) is 3.63. The van der Waals surface area contributed by atoms with Gasteiger partial charge in [-0.15, -0.1) is 0 Å². The fourth-order valence-electron chi connectivity index (χ4n) is 3.63. The summed E-state index contributed by atoms with van der Waals surface area (Å²) in [5.74, 6) is 0.810. The molecular formula is C21H22N4O2. The van der Waals surface area contributed by atoms with Gasteiger partial charge in [-0.1, -0.05) is 30.3 Å². The molecule has 2 aromatic carbocycles. The number of benzene rings is 2. The molecule has 0 saturated carbocycles. The molecule has 1 atom stereocenters. The van der Waals surface area contributed by atoms with Crippen molar-refractivity contribution in [3.63, 3.8) is 0 Å². The molecular weight excluding hydrogens is 340 g/mol. The molecule has 6 nitrogen and oxygen atoms in total. The Morgan fingerprint density at radius 3 is 2.96 bits per heavy atom. The Balaban J connectivity index is 1.56. The van der Waals surface area contributed by atoms with Crippen molar-refractivity contribution in [2.24, 2.45) is 0 Å². The number of nitrogens with one attached hydrogen (secondary N) is 2. The van der Waals surface area contributed by atoms with Gasteiger partial charge >= 0.3 is 6.03 Å². The maximum absolute atomic E-state index is 13.0. The second-order valence-electron chi connectivity index (χ2n) is 6.59. The number of hydrogen-bond acceptors (Lipinski definition) is 3. The molecule has 27 heavy (non-hydrogen) atoms. The first-order chi connectivity index (χ1) is 13.3. The zero-order valence-corrected chi connectivity index (χ0v) is 15.2. The summed E-state index contributed by atoms with van der Waals surface area (Å²) >= 11 is 0. The van der Waals surface area contributed by atoms with Crippen LogP contribution in [0.3, 0.4) is 0 Å². The first-order valence-electron chi connectivity index (χ1n) is 9.06. The molecule has 1 aliphatic heterocycles. The monoisotopic (exact) mass is 362 g/mol. The molecule has 1 aromatic heterocycles. The normalized spacial score (nSPS) is 16.3. The van der Waals surface area contributed by atoms with Crippen molar-refractivity contribution in [1.29, 1.82) is 0 Å². The van der Waals surface area contributed by atoms with Crippen molar-refractivity contribution < 1.29 is 9.53 Å². The second kappa shape index (κ2) is 7.53. The van der Waals surface area contributed by atoms with Crippen LogP contribution in [0.2, 0.25) is 0 Å². The van der Waals surface area contributed by atoms with Crippen LogP contribution >= 0.6 is 0 Å². The molecule has 1 fully saturated rings. The van der Waals surface area contributed by atoms with Gasteiger partial charge in [0.15, 0.2) is 0 Å². The first kappa shape index (κ1) is 17.1. The Kier molecular flexibility index (Phi) is 4.78. The van der Waals surface area contributed by atoms with Crippen molar-refractivity contribution in [3.8, 4) is 16.9 Å². The Bertz CT molecular complexity index is 923. The van der Waals surface area contributed by atoms with Gasteiger partial charge in [-0.25, -0.2) is 4.79 Å². The lowest BCUT2D eigenvalue weighted by Gasteiger charge is -2.26. The van der Waals surface area contributed by atoms with E-state index < -0.39 is 0 Å². The minimum Gasteiger partial charge on any atom is -0.497 e. The van der Waals surface area contributed by atoms with Crippen molar-refractivity contribution in [2.45, 2.75) is 18.9 Å². The quantitative estimate of drug-likeness (QED) is 0.720. The predicted molar refractivity (Wildman–Crippen MR) is 105 cm³/mol. The summed E-state index contributed by atoms with van der Waals surface area (Å²) < 4.78 is 5.33. The number of para-hydroxylation sites is 1. The molecule has 4 rings (SSSR count). The zero-order chi connectivity index (χ0) is 18.6. The van der Waals surface area contributed by atoms with Gasteiger partial charge < -0.3 is 15.0 Å². The van der Waals surface area contributed by atoms with Crippen LogP contribution < -0.4 is 10.1 Å². The van der Waals surface area contributed by atoms with Crippen LogP contribution in [0.5, 0.6) is 5.75 Å². The summed E-state index contributed by atoms with van der Waals surface area (Å²) in [4.78, 5) is 14.9. The van der Waals surface area contributed by atoms with Gasteiger partial charge in [0, 0.05) is 23.9 Å². The molecule has 0 aliphatic carbocycles. The smallest absolute Gasteiger partial charge is 0.322 e. The van der Waals surface area contributed by atoms with Crippen molar-refractivity contribution in [3.05, 3.63) is 66.5 Å². The summed E-state index contributed by atoms with van der Waals surface area (Å²) in [6.45, 7) is 0.738. The number of ether oxygens (including phenoxy) is 1. The highest BCUT2D eigenvalue weighted by atomic mass is 16.5. The van der Waals surface area contributed by atoms with Crippen LogP contribution in [0.4, 0.5) is 10.5 Å². The number of aromatic amines is 1. The van der Waals surface area contributed by atoms with Crippen LogP contribution in [-0.2, 0) is 0 Å². The van der Waals surface area contributed by atoms with Gasteiger partial charge in [0.2, 0.25) is 0 Å². The number of urea groups is 1. The van der Waals surface area contributed by atoms with Crippen molar-refractivity contribution in [2.75, 3.05) is 19.0 Å². The topological polar surface area (TPSA) is 70.2 Å². The minimum atomic E-state index is -0.0868. The van der Waals surface area contributed by atoms with Crippen LogP contribution in [0.25, 0.3) is 11.1 Å². The number of hydrogen-bond donors (Lipinski definition) is 2. The van der Waals surface area contributed by atoms with Crippen molar-refractivity contribution >= 4 is 11.7 Å². The zero-order valence-electron chi connectivity index (χ0n) is 15.2. The molecule has 3 aromatic rings. The maximum atomic E-state index is 13.0. The molecule has 6 heteroatoms. The average Bonchev–Trinajstić information content (AvgIpc) is 3.40. The molecule has 0 bridgehead atoms. The van der Waals surface area contributed by atoms with Gasteiger partial charge in [-0.05, 0) is 36.6 Å². The van der Waals surface area contributed by atoms with Crippen LogP contribution in [-0.4, -0.2) is 34.8 Å². The number of amides is 2. The van der Waals surface area contributed by atoms with E-state index in [1.165, 1.54) is 0 Å². The summed E-state index contributed by atoms with van der Waals surface area (Å²) in [6, 6.07) is 15.7. The van der Waals surface area contributed by atoms with E-state index in [1.807, 2.05) is 53.6 Å². The van der Waals surface area contributed by atoms with Gasteiger partial charge in [0.25, 0.3) is 0 Å². The maximum Gasteiger partial charge on any atom is 0.322 e. The Labute approximate surface area is 158 Å². The molecule has 2 amide bonds. The number of rotatable bonds is 4. The number of aromatic nitrogens is 2. The van der Waals surface area contributed by atoms with Gasteiger partial charge in [-0.2, -0.15) is 5.10 Å². The van der Waals surface area contributed by atoms with Gasteiger partial charge in [0.05, 0.1) is 25.0 Å². The number of H-pyrrole nitrogens is 1. The fraction of sp³-hybridized carbons (Fsp3) is 0.238. The summed E-state index contributed by atoms with van der Waals surface area (Å²) in [6.07, 6.45) is 5.50. The molecule has 1 saturated heterocycles. The number of carbonyl (C=O) groups is 1. The third-order valence-electron chi connectivity index (χ3n) is 4.97. The molecule has 0 unspecified atom stereocenters. The predicted octanol–water partition coefficient (Wildman–Crippen LogP) is 4.45. The third-order valence-corrected chi connectivity index (χ3v) is 4.97. The van der Waals surface area contributed by atoms with Gasteiger partial charge in [0.1, 0.15) is 5.75 Å². The van der Waals surface area contributed by atoms with E-state index >= 15 is 0 Å². The highest BCUT2D eigenvalue weighted by molar-refractivity contribution is 5.94. The number of likely N-dealkylation sites (tertiary alicyclic amines) is 1. The molecule has 2 heterocycles. The average molecular weight is 362 g/mol. The Hall–Kier alpha value is -3.28. The molecule has 138 valence electrons. The summed E-state index contributed by atoms with van der Waals surface area (Å²) in [5, 5.41) is 9.91. The molecule has 1 aliphatic rings. The van der Waals surface area contributed by atoms with E-state index in [4.69, 9.17) is 4.74 Å². The molecule has 0 spiro atoms. The van der Waals surface area contributed by atoms with Crippen LogP contribution in [0.15, 0.2) is 60.9 Å². The van der Waals surface area contributed by atoms with Crippen LogP contribution in [0, 0.1) is 0 Å². The SMILES string of the molecule is COc1cccc([C@H]2CCCN2C(=O)Nc2ccccc2-c2cn[nH]c2)c1. The molecule has 2 N–H and O–H groups in total. The van der Waals surface area contributed by atoms with E-state index in [9.17, 15) is 4.79 Å². The lowest BCUT2D eigenvalue weighted by molar-refractivity contribution is 0.207. The highest BCUT2D eigenvalue weighted by Gasteiger charge is 2.30. The Morgan fingerprint density at radius 1 is 1.26 bits per heavy atom. The first-order valence-corrected chi connectivity index (χ1v) is 9.06. The number of carbonyl (C=O) groups excluding carboxylic acids is 1. The number of anilines is 1. The largest absolute Gasteiger partial charge is 0.497 e. The van der Waals surface area contributed by atoms with Crippen LogP contribution in [0.1, 0.15) is 24.4 Å². The Morgan fingerprint density at radius 2 is 2.15 bits per heavy atom. The van der Waals surface area contributed by atoms with Gasteiger partial charge in [-0.3, -0.25) is 5.10 Å². The van der Waals surface area contributed by atoms with E-state index in [0.717, 1.165) is 47.5 Å². The van der Waals surface area contributed by atoms with Crippen molar-refractivity contribution in [1.82, 2.24) is 15.1 Å². The lowest BCUT2D eigenvalue weighted by atomic mass is 10.0. The lowest BCUT2D eigenvalue weighted by Crippen LogP contribution is -2.34. The number of nitrogens with zero attached hydrogens (tertiary/aromatic N) is 2. The molecule has 0 radical (unpaired) electrons. The summed E-state index contributed by atoms with van der Waals surface area (Å²) in [7, 11) is 1.66. The summed E-state index contributed by atoms with van der Waals surface area (Å²) in [5.41, 5.74) is 3.76. The standard InChI is InChI=1S/C21H22N4O2/c1-27-17-7-4-6-15(12-17)20-10-5-11-25(20)21(26)24-19-9-3-2-8-18(19)16-13-22-23-14-16/h2-4,6-9,12-14,20H,5,10-11H2,1H3,(H,22,23)(H,24,26)/t20-/m1/s1. The van der Waals surface area contributed by atoms with E-state index in [0.29, 0.717) is 0 Å². The minimum absolute atomic E-state index is 0.0567. The number of methoxy groups -OCH3 is 1. The second-order valence-corrected chi connectivity index (χ2v) is 6.59. The van der Waals surface area contributed by atoms with E-state index in [1.54, 1.807) is 13.3 Å². The highest BCUT2D eigenvalue weighted by Crippen LogP contribution is 2.34. The van der Waals surface area contributed by atoms with E-state index in [2.05, 4.69) is 21.6 Å². The van der Waals surface area contributed by atoms with E-state index in [-0.39, 0.29) is 12.1 Å². The third kappa shape index (κ3) is 3.51.